The molecule has 0 atom stereocenters. The minimum atomic E-state index is -3.82. The molecule has 0 spiro atoms. The van der Waals surface area contributed by atoms with Gasteiger partial charge in [0, 0.05) is 12.2 Å². The summed E-state index contributed by atoms with van der Waals surface area (Å²) >= 11 is 6.33. The van der Waals surface area contributed by atoms with E-state index in [1.807, 2.05) is 25.1 Å². The number of para-hydroxylation sites is 1. The highest BCUT2D eigenvalue weighted by Gasteiger charge is 2.29. The Morgan fingerprint density at radius 1 is 1.05 bits per heavy atom. The standard InChI is InChI=1S/C28H29ClN2O6S/c1-2-3-17-36-28(33)21-10-12-22(13-11-21)30-27(32)19-37-26-15-14-23(18-24(26)29)38(34,35)31-16-6-8-20-7-4-5-9-25(20)31/h4-5,7,9-15,18H,2-3,6,8,16-17,19H2,1H3,(H,30,32). The molecule has 8 nitrogen and oxygen atoms in total. The van der Waals surface area contributed by atoms with Crippen LogP contribution in [0.2, 0.25) is 5.02 Å². The number of nitrogens with one attached hydrogen (secondary N) is 1. The van der Waals surface area contributed by atoms with E-state index in [1.54, 1.807) is 30.3 Å². The number of esters is 1. The Bertz CT molecular complexity index is 1410. The van der Waals surface area contributed by atoms with Gasteiger partial charge in [-0.05, 0) is 73.4 Å². The van der Waals surface area contributed by atoms with E-state index in [0.29, 0.717) is 30.1 Å². The Balaban J connectivity index is 1.35. The van der Waals surface area contributed by atoms with Crippen LogP contribution in [-0.4, -0.2) is 40.1 Å². The first-order chi connectivity index (χ1) is 18.3. The van der Waals surface area contributed by atoms with Gasteiger partial charge in [-0.2, -0.15) is 0 Å². The maximum Gasteiger partial charge on any atom is 0.338 e. The molecule has 0 aliphatic carbocycles. The fourth-order valence-electron chi connectivity index (χ4n) is 4.06. The summed E-state index contributed by atoms with van der Waals surface area (Å²) in [5.74, 6) is -0.671. The van der Waals surface area contributed by atoms with Crippen molar-refractivity contribution in [3.63, 3.8) is 0 Å². The number of hydrogen-bond acceptors (Lipinski definition) is 6. The molecule has 1 N–H and O–H groups in total. The lowest BCUT2D eigenvalue weighted by Gasteiger charge is -2.30. The van der Waals surface area contributed by atoms with Crippen LogP contribution in [0.25, 0.3) is 0 Å². The number of sulfonamides is 1. The molecule has 1 heterocycles. The fourth-order valence-corrected chi connectivity index (χ4v) is 5.93. The Hall–Kier alpha value is -3.56. The average Bonchev–Trinajstić information content (AvgIpc) is 2.92. The molecule has 4 rings (SSSR count). The monoisotopic (exact) mass is 556 g/mol. The van der Waals surface area contributed by atoms with Crippen molar-refractivity contribution in [1.82, 2.24) is 0 Å². The summed E-state index contributed by atoms with van der Waals surface area (Å²) in [4.78, 5) is 24.4. The highest BCUT2D eigenvalue weighted by molar-refractivity contribution is 7.92. The summed E-state index contributed by atoms with van der Waals surface area (Å²) < 4.78 is 38.8. The second-order valence-corrected chi connectivity index (χ2v) is 11.1. The van der Waals surface area contributed by atoms with Crippen molar-refractivity contribution in [3.05, 3.63) is 82.9 Å². The van der Waals surface area contributed by atoms with Crippen LogP contribution in [0.4, 0.5) is 11.4 Å². The topological polar surface area (TPSA) is 102 Å². The molecule has 0 bridgehead atoms. The highest BCUT2D eigenvalue weighted by atomic mass is 35.5. The van der Waals surface area contributed by atoms with Crippen molar-refractivity contribution < 1.29 is 27.5 Å². The Morgan fingerprint density at radius 2 is 1.82 bits per heavy atom. The van der Waals surface area contributed by atoms with E-state index in [1.165, 1.54) is 22.5 Å². The van der Waals surface area contributed by atoms with Gasteiger partial charge >= 0.3 is 5.97 Å². The largest absolute Gasteiger partial charge is 0.482 e. The fraction of sp³-hybridized carbons (Fsp3) is 0.286. The Labute approximate surface area is 227 Å². The summed E-state index contributed by atoms with van der Waals surface area (Å²) in [7, 11) is -3.82. The molecule has 0 fully saturated rings. The molecule has 38 heavy (non-hydrogen) atoms. The average molecular weight is 557 g/mol. The van der Waals surface area contributed by atoms with Crippen molar-refractivity contribution in [2.24, 2.45) is 0 Å². The number of unbranched alkanes of at least 4 members (excludes halogenated alkanes) is 1. The number of aryl methyl sites for hydroxylation is 1. The van der Waals surface area contributed by atoms with Crippen LogP contribution in [0.15, 0.2) is 71.6 Å². The number of carbonyl (C=O) groups is 2. The predicted octanol–water partition coefficient (Wildman–Crippen LogP) is 5.46. The van der Waals surface area contributed by atoms with Crippen LogP contribution < -0.4 is 14.4 Å². The third kappa shape index (κ3) is 6.46. The van der Waals surface area contributed by atoms with Crippen LogP contribution in [-0.2, 0) is 26.0 Å². The molecule has 0 radical (unpaired) electrons. The normalized spacial score (nSPS) is 12.9. The third-order valence-corrected chi connectivity index (χ3v) is 8.16. The van der Waals surface area contributed by atoms with Gasteiger partial charge in [0.2, 0.25) is 0 Å². The predicted molar refractivity (Wildman–Crippen MR) is 147 cm³/mol. The van der Waals surface area contributed by atoms with E-state index in [-0.39, 0.29) is 22.3 Å². The number of halogens is 1. The molecule has 0 saturated heterocycles. The Morgan fingerprint density at radius 3 is 2.55 bits per heavy atom. The van der Waals surface area contributed by atoms with E-state index in [2.05, 4.69) is 5.32 Å². The molecule has 0 saturated carbocycles. The van der Waals surface area contributed by atoms with Crippen LogP contribution in [0.3, 0.4) is 0 Å². The van der Waals surface area contributed by atoms with E-state index in [4.69, 9.17) is 21.1 Å². The summed E-state index contributed by atoms with van der Waals surface area (Å²) in [5.41, 5.74) is 2.54. The van der Waals surface area contributed by atoms with Crippen LogP contribution in [0, 0.1) is 0 Å². The molecule has 0 unspecified atom stereocenters. The second kappa shape index (κ2) is 12.3. The minimum Gasteiger partial charge on any atom is -0.482 e. The zero-order valence-corrected chi connectivity index (χ0v) is 22.6. The minimum absolute atomic E-state index is 0.0457. The van der Waals surface area contributed by atoms with E-state index >= 15 is 0 Å². The Kier molecular flexibility index (Phi) is 8.91. The lowest BCUT2D eigenvalue weighted by atomic mass is 10.0. The van der Waals surface area contributed by atoms with Gasteiger partial charge in [0.25, 0.3) is 15.9 Å². The highest BCUT2D eigenvalue weighted by Crippen LogP contribution is 2.34. The summed E-state index contributed by atoms with van der Waals surface area (Å²) in [6, 6.07) is 18.0. The lowest BCUT2D eigenvalue weighted by Crippen LogP contribution is -2.35. The summed E-state index contributed by atoms with van der Waals surface area (Å²) in [5, 5.41) is 2.76. The van der Waals surface area contributed by atoms with Crippen molar-refractivity contribution in [1.29, 1.82) is 0 Å². The molecule has 200 valence electrons. The molecule has 3 aromatic rings. The van der Waals surface area contributed by atoms with Gasteiger partial charge in [0.1, 0.15) is 5.75 Å². The molecular formula is C28H29ClN2O6S. The molecule has 1 aliphatic rings. The zero-order chi connectivity index (χ0) is 27.1. The van der Waals surface area contributed by atoms with Crippen molar-refractivity contribution in [3.8, 4) is 5.75 Å². The van der Waals surface area contributed by atoms with E-state index < -0.39 is 21.9 Å². The molecule has 3 aromatic carbocycles. The number of fused-ring (bicyclic) bond motifs is 1. The van der Waals surface area contributed by atoms with Crippen molar-refractivity contribution in [2.75, 3.05) is 29.4 Å². The molecule has 1 aliphatic heterocycles. The zero-order valence-electron chi connectivity index (χ0n) is 21.0. The smallest absolute Gasteiger partial charge is 0.338 e. The first kappa shape index (κ1) is 27.5. The van der Waals surface area contributed by atoms with Crippen LogP contribution in [0.1, 0.15) is 42.1 Å². The quantitative estimate of drug-likeness (QED) is 0.263. The molecule has 0 aromatic heterocycles. The van der Waals surface area contributed by atoms with Gasteiger partial charge < -0.3 is 14.8 Å². The number of nitrogens with zero attached hydrogens (tertiary/aromatic N) is 1. The van der Waals surface area contributed by atoms with Gasteiger partial charge in [-0.25, -0.2) is 13.2 Å². The first-order valence-corrected chi connectivity index (χ1v) is 14.2. The number of ether oxygens (including phenoxy) is 2. The second-order valence-electron chi connectivity index (χ2n) is 8.81. The lowest BCUT2D eigenvalue weighted by molar-refractivity contribution is -0.118. The summed E-state index contributed by atoms with van der Waals surface area (Å²) in [6.45, 7) is 2.42. The van der Waals surface area contributed by atoms with Gasteiger partial charge in [-0.1, -0.05) is 43.1 Å². The van der Waals surface area contributed by atoms with Gasteiger partial charge in [0.15, 0.2) is 6.61 Å². The van der Waals surface area contributed by atoms with Crippen LogP contribution in [0.5, 0.6) is 5.75 Å². The van der Waals surface area contributed by atoms with Crippen molar-refractivity contribution >= 4 is 44.9 Å². The number of carbonyl (C=O) groups excluding carboxylic acids is 2. The van der Waals surface area contributed by atoms with Gasteiger partial charge in [-0.3, -0.25) is 9.10 Å². The number of rotatable bonds is 10. The van der Waals surface area contributed by atoms with Gasteiger partial charge in [-0.15, -0.1) is 0 Å². The maximum atomic E-state index is 13.3. The first-order valence-electron chi connectivity index (χ1n) is 12.4. The molecule has 1 amide bonds. The SMILES string of the molecule is CCCCOC(=O)c1ccc(NC(=O)COc2ccc(S(=O)(=O)N3CCCc4ccccc43)cc2Cl)cc1. The number of benzene rings is 3. The maximum absolute atomic E-state index is 13.3. The number of hydrogen-bond donors (Lipinski definition) is 1. The molecule has 10 heteroatoms. The number of amides is 1. The van der Waals surface area contributed by atoms with Gasteiger partial charge in [0.05, 0.1) is 27.8 Å². The van der Waals surface area contributed by atoms with Crippen LogP contribution >= 0.6 is 11.6 Å². The number of anilines is 2. The third-order valence-electron chi connectivity index (χ3n) is 6.05. The molecular weight excluding hydrogens is 528 g/mol. The van der Waals surface area contributed by atoms with Crippen molar-refractivity contribution in [2.45, 2.75) is 37.5 Å². The summed E-state index contributed by atoms with van der Waals surface area (Å²) in [6.07, 6.45) is 3.29. The van der Waals surface area contributed by atoms with E-state index in [0.717, 1.165) is 31.2 Å². The van der Waals surface area contributed by atoms with E-state index in [9.17, 15) is 18.0 Å².